The summed E-state index contributed by atoms with van der Waals surface area (Å²) in [5.74, 6) is 2.25. The van der Waals surface area contributed by atoms with Crippen LogP contribution in [0.25, 0.3) is 0 Å². The van der Waals surface area contributed by atoms with E-state index < -0.39 is 0 Å². The van der Waals surface area contributed by atoms with Gasteiger partial charge in [0.05, 0.1) is 33.5 Å². The van der Waals surface area contributed by atoms with Crippen LogP contribution in [0, 0.1) is 0 Å². The summed E-state index contributed by atoms with van der Waals surface area (Å²) in [4.78, 5) is 13.5. The fraction of sp³-hybridized carbons (Fsp3) is 0.400. The Morgan fingerprint density at radius 2 is 1.37 bits per heavy atom. The van der Waals surface area contributed by atoms with E-state index in [2.05, 4.69) is 43.0 Å². The molecule has 10 heteroatoms. The van der Waals surface area contributed by atoms with E-state index in [1.165, 1.54) is 5.56 Å². The molecule has 0 bridgehead atoms. The zero-order valence-electron chi connectivity index (χ0n) is 20.2. The lowest BCUT2D eigenvalue weighted by Crippen LogP contribution is -2.17. The zero-order valence-corrected chi connectivity index (χ0v) is 20.2. The van der Waals surface area contributed by atoms with Crippen molar-refractivity contribution in [1.82, 2.24) is 15.0 Å². The van der Waals surface area contributed by atoms with E-state index in [0.29, 0.717) is 70.5 Å². The fourth-order valence-corrected chi connectivity index (χ4v) is 3.18. The molecule has 0 spiro atoms. The van der Waals surface area contributed by atoms with Crippen LogP contribution in [-0.4, -0.2) is 68.1 Å². The van der Waals surface area contributed by atoms with Crippen molar-refractivity contribution in [2.45, 2.75) is 13.0 Å². The summed E-state index contributed by atoms with van der Waals surface area (Å²) in [6, 6.07) is 18.1. The molecule has 3 rings (SSSR count). The van der Waals surface area contributed by atoms with Gasteiger partial charge in [-0.2, -0.15) is 15.0 Å². The molecule has 0 saturated heterocycles. The summed E-state index contributed by atoms with van der Waals surface area (Å²) < 4.78 is 16.2. The Bertz CT molecular complexity index is 992. The van der Waals surface area contributed by atoms with Crippen molar-refractivity contribution in [1.29, 1.82) is 0 Å². The minimum absolute atomic E-state index is 0.471. The highest BCUT2D eigenvalue weighted by molar-refractivity contribution is 5.43. The van der Waals surface area contributed by atoms with Crippen molar-refractivity contribution >= 4 is 17.8 Å². The Morgan fingerprint density at radius 1 is 0.714 bits per heavy atom. The second-order valence-corrected chi connectivity index (χ2v) is 7.61. The molecule has 35 heavy (non-hydrogen) atoms. The quantitative estimate of drug-likeness (QED) is 0.214. The van der Waals surface area contributed by atoms with Crippen LogP contribution in [-0.2, 0) is 22.4 Å². The molecule has 1 aromatic heterocycles. The second kappa shape index (κ2) is 15.4. The lowest BCUT2D eigenvalue weighted by Gasteiger charge is -2.12. The minimum Gasteiger partial charge on any atom is -0.497 e. The van der Waals surface area contributed by atoms with Crippen LogP contribution in [0.1, 0.15) is 11.1 Å². The summed E-state index contributed by atoms with van der Waals surface area (Å²) in [7, 11) is 1.65. The van der Waals surface area contributed by atoms with E-state index >= 15 is 0 Å². The van der Waals surface area contributed by atoms with E-state index in [0.717, 1.165) is 17.7 Å². The smallest absolute Gasteiger partial charge is 0.229 e. The number of rotatable bonds is 17. The van der Waals surface area contributed by atoms with Gasteiger partial charge >= 0.3 is 0 Å². The predicted octanol–water partition coefficient (Wildman–Crippen LogP) is 2.55. The van der Waals surface area contributed by atoms with Crippen molar-refractivity contribution in [2.75, 3.05) is 69.1 Å². The van der Waals surface area contributed by atoms with E-state index in [9.17, 15) is 0 Å². The topological polar surface area (TPSA) is 128 Å². The number of hydrogen-bond donors (Lipinski definition) is 4. The van der Waals surface area contributed by atoms with E-state index in [1.54, 1.807) is 7.11 Å². The van der Waals surface area contributed by atoms with Gasteiger partial charge in [0.15, 0.2) is 0 Å². The molecule has 0 unspecified atom stereocenters. The van der Waals surface area contributed by atoms with Gasteiger partial charge in [0.2, 0.25) is 17.8 Å². The van der Waals surface area contributed by atoms with Crippen LogP contribution >= 0.6 is 0 Å². The molecule has 10 nitrogen and oxygen atoms in total. The van der Waals surface area contributed by atoms with Crippen molar-refractivity contribution < 1.29 is 14.2 Å². The highest BCUT2D eigenvalue weighted by atomic mass is 16.5. The Balaban J connectivity index is 1.56. The maximum atomic E-state index is 5.56. The number of methoxy groups -OCH3 is 1. The first-order chi connectivity index (χ1) is 17.3. The van der Waals surface area contributed by atoms with Crippen molar-refractivity contribution in [2.24, 2.45) is 5.73 Å². The van der Waals surface area contributed by atoms with Crippen LogP contribution in [0.15, 0.2) is 54.6 Å². The maximum Gasteiger partial charge on any atom is 0.229 e. The van der Waals surface area contributed by atoms with Gasteiger partial charge < -0.3 is 35.9 Å². The largest absolute Gasteiger partial charge is 0.497 e. The lowest BCUT2D eigenvalue weighted by atomic mass is 10.1. The first kappa shape index (κ1) is 26.1. The Morgan fingerprint density at radius 3 is 2.09 bits per heavy atom. The van der Waals surface area contributed by atoms with E-state index in [1.807, 2.05) is 42.5 Å². The number of nitrogens with two attached hydrogens (primary N) is 1. The third-order valence-corrected chi connectivity index (χ3v) is 4.92. The van der Waals surface area contributed by atoms with Gasteiger partial charge in [-0.1, -0.05) is 42.5 Å². The molecule has 0 fully saturated rings. The molecule has 5 N–H and O–H groups in total. The Hall–Kier alpha value is -3.47. The summed E-state index contributed by atoms with van der Waals surface area (Å²) in [5, 5.41) is 9.78. The molecule has 3 aromatic rings. The number of ether oxygens (including phenoxy) is 3. The summed E-state index contributed by atoms with van der Waals surface area (Å²) in [6.07, 6.45) is 0.863. The summed E-state index contributed by atoms with van der Waals surface area (Å²) in [6.45, 7) is 4.40. The first-order valence-corrected chi connectivity index (χ1v) is 11.8. The normalized spacial score (nSPS) is 10.7. The van der Waals surface area contributed by atoms with Gasteiger partial charge in [0.1, 0.15) is 5.75 Å². The molecule has 188 valence electrons. The predicted molar refractivity (Wildman–Crippen MR) is 138 cm³/mol. The zero-order chi connectivity index (χ0) is 24.6. The average Bonchev–Trinajstić information content (AvgIpc) is 2.90. The second-order valence-electron chi connectivity index (χ2n) is 7.61. The number of hydrogen-bond acceptors (Lipinski definition) is 10. The fourth-order valence-electron chi connectivity index (χ4n) is 3.18. The number of benzene rings is 2. The van der Waals surface area contributed by atoms with E-state index in [4.69, 9.17) is 19.9 Å². The third-order valence-electron chi connectivity index (χ3n) is 4.92. The first-order valence-electron chi connectivity index (χ1n) is 11.8. The van der Waals surface area contributed by atoms with Crippen LogP contribution in [0.4, 0.5) is 17.8 Å². The molecular formula is C25H35N7O3. The SMILES string of the molecule is COc1cccc(CNc2nc(NCCOCCOCCN)nc(NCCc3ccccc3)n2)c1. The van der Waals surface area contributed by atoms with Gasteiger partial charge in [-0.25, -0.2) is 0 Å². The molecule has 1 heterocycles. The molecule has 0 saturated carbocycles. The number of aromatic nitrogens is 3. The van der Waals surface area contributed by atoms with Crippen LogP contribution in [0.5, 0.6) is 5.75 Å². The van der Waals surface area contributed by atoms with Gasteiger partial charge in [0.25, 0.3) is 0 Å². The van der Waals surface area contributed by atoms with E-state index in [-0.39, 0.29) is 0 Å². The number of nitrogens with one attached hydrogen (secondary N) is 3. The molecule has 0 amide bonds. The lowest BCUT2D eigenvalue weighted by molar-refractivity contribution is 0.0547. The molecule has 0 aliphatic rings. The third kappa shape index (κ3) is 10.1. The van der Waals surface area contributed by atoms with Crippen molar-refractivity contribution in [3.8, 4) is 5.75 Å². The maximum absolute atomic E-state index is 5.56. The Kier molecular flexibility index (Phi) is 11.5. The number of anilines is 3. The minimum atomic E-state index is 0.471. The standard InChI is InChI=1S/C25H35N7O3/c1-33-22-9-5-8-21(18-22)19-29-25-31-23(27-12-10-20-6-3-2-4-7-20)30-24(32-25)28-13-15-35-17-16-34-14-11-26/h2-9,18H,10-17,19,26H2,1H3,(H3,27,28,29,30,31,32). The van der Waals surface area contributed by atoms with Crippen LogP contribution in [0.2, 0.25) is 0 Å². The van der Waals surface area contributed by atoms with Gasteiger partial charge in [0, 0.05) is 26.2 Å². The Labute approximate surface area is 206 Å². The number of nitrogens with zero attached hydrogens (tertiary/aromatic N) is 3. The average molecular weight is 482 g/mol. The molecule has 0 aliphatic heterocycles. The highest BCUT2D eigenvalue weighted by Gasteiger charge is 2.07. The monoisotopic (exact) mass is 481 g/mol. The van der Waals surface area contributed by atoms with Crippen molar-refractivity contribution in [3.63, 3.8) is 0 Å². The molecule has 0 atom stereocenters. The molecular weight excluding hydrogens is 446 g/mol. The van der Waals surface area contributed by atoms with Crippen LogP contribution in [0.3, 0.4) is 0 Å². The molecule has 0 radical (unpaired) electrons. The van der Waals surface area contributed by atoms with Gasteiger partial charge in [-0.3, -0.25) is 0 Å². The molecule has 0 aliphatic carbocycles. The molecule has 2 aromatic carbocycles. The van der Waals surface area contributed by atoms with Crippen LogP contribution < -0.4 is 26.4 Å². The van der Waals surface area contributed by atoms with Crippen molar-refractivity contribution in [3.05, 3.63) is 65.7 Å². The van der Waals surface area contributed by atoms with Gasteiger partial charge in [-0.15, -0.1) is 0 Å². The van der Waals surface area contributed by atoms with Gasteiger partial charge in [-0.05, 0) is 29.7 Å². The summed E-state index contributed by atoms with van der Waals surface area (Å²) in [5.41, 5.74) is 7.70. The summed E-state index contributed by atoms with van der Waals surface area (Å²) >= 11 is 0. The highest BCUT2D eigenvalue weighted by Crippen LogP contribution is 2.15.